The monoisotopic (exact) mass is 404 g/mol. The van der Waals surface area contributed by atoms with Crippen molar-refractivity contribution in [2.45, 2.75) is 26.3 Å². The number of hydrogen-bond donors (Lipinski definition) is 1. The molecule has 0 fully saturated rings. The van der Waals surface area contributed by atoms with Crippen molar-refractivity contribution < 1.29 is 4.74 Å². The maximum Gasteiger partial charge on any atom is 0.259 e. The van der Waals surface area contributed by atoms with Crippen LogP contribution in [0, 0.1) is 6.92 Å². The van der Waals surface area contributed by atoms with Crippen LogP contribution in [-0.4, -0.2) is 42.3 Å². The molecule has 6 heteroatoms. The smallest absolute Gasteiger partial charge is 0.259 e. The molecule has 30 heavy (non-hydrogen) atoms. The van der Waals surface area contributed by atoms with Crippen LogP contribution < -0.4 is 15.8 Å². The van der Waals surface area contributed by atoms with E-state index >= 15 is 0 Å². The highest BCUT2D eigenvalue weighted by Crippen LogP contribution is 2.38. The van der Waals surface area contributed by atoms with Crippen LogP contribution in [-0.2, 0) is 4.74 Å². The number of methoxy groups -OCH3 is 1. The molecule has 0 aliphatic carbocycles. The molecule has 3 heterocycles. The minimum Gasteiger partial charge on any atom is -0.383 e. The molecule has 2 aromatic rings. The molecule has 0 saturated heterocycles. The Morgan fingerprint density at radius 3 is 2.67 bits per heavy atom. The maximum absolute atomic E-state index is 13.3. The first-order chi connectivity index (χ1) is 14.4. The molecule has 0 radical (unpaired) electrons. The largest absolute Gasteiger partial charge is 0.383 e. The number of rotatable bonds is 6. The van der Waals surface area contributed by atoms with Gasteiger partial charge in [-0.15, -0.1) is 0 Å². The van der Waals surface area contributed by atoms with Crippen molar-refractivity contribution in [3.05, 3.63) is 51.7 Å². The van der Waals surface area contributed by atoms with Gasteiger partial charge in [-0.3, -0.25) is 4.79 Å². The predicted molar refractivity (Wildman–Crippen MR) is 123 cm³/mol. The lowest BCUT2D eigenvalue weighted by Crippen LogP contribution is -2.24. The van der Waals surface area contributed by atoms with Crippen LogP contribution in [0.25, 0.3) is 39.9 Å². The van der Waals surface area contributed by atoms with E-state index in [0.717, 1.165) is 51.1 Å². The number of aromatic nitrogens is 3. The molecule has 1 atom stereocenters. The number of aromatic amines is 1. The molecule has 2 aliphatic heterocycles. The lowest BCUT2D eigenvalue weighted by Gasteiger charge is -2.19. The normalized spacial score (nSPS) is 12.7. The summed E-state index contributed by atoms with van der Waals surface area (Å²) < 4.78 is 7.26. The second kappa shape index (κ2) is 7.61. The first-order valence-electron chi connectivity index (χ1n) is 10.2. The summed E-state index contributed by atoms with van der Waals surface area (Å²) in [5, 5.41) is 1.48. The first kappa shape index (κ1) is 20.2. The van der Waals surface area contributed by atoms with Gasteiger partial charge in [-0.25, -0.2) is 4.98 Å². The average Bonchev–Trinajstić information content (AvgIpc) is 2.99. The Kier molecular flexibility index (Phi) is 5.12. The Hall–Kier alpha value is -3.12. The van der Waals surface area contributed by atoms with E-state index in [2.05, 4.69) is 36.5 Å². The molecule has 2 aliphatic rings. The van der Waals surface area contributed by atoms with Crippen molar-refractivity contribution >= 4 is 23.3 Å². The molecule has 0 bridgehead atoms. The lowest BCUT2D eigenvalue weighted by molar-refractivity contribution is 0.153. The summed E-state index contributed by atoms with van der Waals surface area (Å²) in [5.41, 5.74) is 5.95. The Bertz CT molecular complexity index is 1280. The molecular formula is C24H28N4O2. The molecule has 1 unspecified atom stereocenters. The molecule has 0 spiro atoms. The van der Waals surface area contributed by atoms with Crippen LogP contribution in [0.15, 0.2) is 35.3 Å². The topological polar surface area (TPSA) is 63.2 Å². The van der Waals surface area contributed by atoms with Crippen molar-refractivity contribution in [2.75, 3.05) is 32.7 Å². The number of anilines is 1. The summed E-state index contributed by atoms with van der Waals surface area (Å²) in [6.45, 7) is 8.79. The summed E-state index contributed by atoms with van der Waals surface area (Å²) in [7, 11) is 5.63. The summed E-state index contributed by atoms with van der Waals surface area (Å²) >= 11 is 0. The number of benzene rings is 1. The molecule has 0 amide bonds. The SMILES string of the molecule is C=c1cc2n(C(CC)COC)c(=O)c3ccc(-c4cnc(N(C)C)cc4C)c([nH]1)c3-2. The molecular weight excluding hydrogens is 376 g/mol. The van der Waals surface area contributed by atoms with E-state index in [1.54, 1.807) is 7.11 Å². The van der Waals surface area contributed by atoms with E-state index < -0.39 is 0 Å². The third-order valence-electron chi connectivity index (χ3n) is 5.81. The second-order valence-corrected chi connectivity index (χ2v) is 8.03. The minimum absolute atomic E-state index is 0.0160. The predicted octanol–water partition coefficient (Wildman–Crippen LogP) is 3.60. The van der Waals surface area contributed by atoms with E-state index in [1.165, 1.54) is 0 Å². The van der Waals surface area contributed by atoms with Crippen molar-refractivity contribution in [3.63, 3.8) is 0 Å². The van der Waals surface area contributed by atoms with Crippen molar-refractivity contribution in [2.24, 2.45) is 0 Å². The van der Waals surface area contributed by atoms with Crippen LogP contribution >= 0.6 is 0 Å². The zero-order chi connectivity index (χ0) is 21.6. The third kappa shape index (κ3) is 3.08. The van der Waals surface area contributed by atoms with Gasteiger partial charge in [0.2, 0.25) is 0 Å². The Morgan fingerprint density at radius 1 is 1.27 bits per heavy atom. The summed E-state index contributed by atoms with van der Waals surface area (Å²) in [6, 6.07) is 7.95. The fourth-order valence-corrected chi connectivity index (χ4v) is 4.26. The number of ether oxygens (including phenoxy) is 1. The quantitative estimate of drug-likeness (QED) is 0.533. The Morgan fingerprint density at radius 2 is 2.03 bits per heavy atom. The summed E-state index contributed by atoms with van der Waals surface area (Å²) in [4.78, 5) is 23.3. The molecule has 156 valence electrons. The van der Waals surface area contributed by atoms with E-state index in [1.807, 2.05) is 48.0 Å². The highest BCUT2D eigenvalue weighted by molar-refractivity contribution is 6.03. The Balaban J connectivity index is 2.00. The molecule has 1 aromatic carbocycles. The standard InChI is InChI=1S/C24H28N4O2/c1-7-16(13-30-6)28-20-11-15(3)26-23-17(8-9-18(22(20)23)24(28)29)19-12-25-21(27(4)5)10-14(19)2/h8-12,16,26H,3,7,13H2,1-2,4-6H3. The van der Waals surface area contributed by atoms with Gasteiger partial charge in [-0.1, -0.05) is 19.6 Å². The molecule has 4 rings (SSSR count). The van der Waals surface area contributed by atoms with Gasteiger partial charge >= 0.3 is 0 Å². The second-order valence-electron chi connectivity index (χ2n) is 8.03. The first-order valence-corrected chi connectivity index (χ1v) is 10.2. The van der Waals surface area contributed by atoms with Gasteiger partial charge in [-0.05, 0) is 37.1 Å². The van der Waals surface area contributed by atoms with Crippen LogP contribution in [0.1, 0.15) is 24.9 Å². The number of H-pyrrole nitrogens is 1. The van der Waals surface area contributed by atoms with Crippen LogP contribution in [0.3, 0.4) is 0 Å². The Labute approximate surface area is 176 Å². The van der Waals surface area contributed by atoms with Crippen molar-refractivity contribution in [1.29, 1.82) is 0 Å². The third-order valence-corrected chi connectivity index (χ3v) is 5.81. The van der Waals surface area contributed by atoms with Gasteiger partial charge in [0.1, 0.15) is 5.82 Å². The molecule has 6 nitrogen and oxygen atoms in total. The lowest BCUT2D eigenvalue weighted by atomic mass is 9.96. The van der Waals surface area contributed by atoms with Gasteiger partial charge in [0.05, 0.1) is 29.2 Å². The van der Waals surface area contributed by atoms with Crippen molar-refractivity contribution in [1.82, 2.24) is 14.5 Å². The van der Waals surface area contributed by atoms with E-state index in [4.69, 9.17) is 4.74 Å². The van der Waals surface area contributed by atoms with Crippen LogP contribution in [0.5, 0.6) is 0 Å². The average molecular weight is 405 g/mol. The molecule has 1 N–H and O–H groups in total. The van der Waals surface area contributed by atoms with Gasteiger partial charge in [0.25, 0.3) is 5.56 Å². The number of nitrogens with one attached hydrogen (secondary N) is 1. The zero-order valence-electron chi connectivity index (χ0n) is 18.2. The maximum atomic E-state index is 13.3. The highest BCUT2D eigenvalue weighted by Gasteiger charge is 2.26. The van der Waals surface area contributed by atoms with E-state index in [9.17, 15) is 4.79 Å². The number of aryl methyl sites for hydroxylation is 1. The number of nitrogens with zero attached hydrogens (tertiary/aromatic N) is 3. The van der Waals surface area contributed by atoms with Gasteiger partial charge in [0, 0.05) is 49.4 Å². The zero-order valence-corrected chi connectivity index (χ0v) is 18.2. The minimum atomic E-state index is -0.0221. The number of pyridine rings is 2. The molecule has 0 saturated carbocycles. The fraction of sp³-hybridized carbons (Fsp3) is 0.333. The van der Waals surface area contributed by atoms with Gasteiger partial charge in [0.15, 0.2) is 0 Å². The molecule has 1 aromatic heterocycles. The van der Waals surface area contributed by atoms with Gasteiger partial charge < -0.3 is 19.2 Å². The highest BCUT2D eigenvalue weighted by atomic mass is 16.5. The van der Waals surface area contributed by atoms with E-state index in [0.29, 0.717) is 12.0 Å². The van der Waals surface area contributed by atoms with Crippen LogP contribution in [0.2, 0.25) is 0 Å². The van der Waals surface area contributed by atoms with Crippen molar-refractivity contribution in [3.8, 4) is 22.4 Å². The van der Waals surface area contributed by atoms with Crippen LogP contribution in [0.4, 0.5) is 5.82 Å². The summed E-state index contributed by atoms with van der Waals surface area (Å²) in [6.07, 6.45) is 2.71. The summed E-state index contributed by atoms with van der Waals surface area (Å²) in [5.74, 6) is 0.913. The van der Waals surface area contributed by atoms with Gasteiger partial charge in [-0.2, -0.15) is 0 Å². The van der Waals surface area contributed by atoms with E-state index in [-0.39, 0.29) is 11.6 Å². The number of hydrogen-bond acceptors (Lipinski definition) is 4. The fourth-order valence-electron chi connectivity index (χ4n) is 4.26.